The molecule has 8 heteroatoms. The lowest BCUT2D eigenvalue weighted by atomic mass is 10.4. The third-order valence-corrected chi connectivity index (χ3v) is 3.40. The van der Waals surface area contributed by atoms with E-state index in [1.54, 1.807) is 6.20 Å². The smallest absolute Gasteiger partial charge is 0.299 e. The second kappa shape index (κ2) is 7.23. The molecule has 0 aliphatic rings. The molecule has 24 heavy (non-hydrogen) atoms. The van der Waals surface area contributed by atoms with Crippen LogP contribution in [0.5, 0.6) is 0 Å². The van der Waals surface area contributed by atoms with Gasteiger partial charge in [-0.3, -0.25) is 10.5 Å². The fourth-order valence-electron chi connectivity index (χ4n) is 2.03. The summed E-state index contributed by atoms with van der Waals surface area (Å²) in [7, 11) is 3.87. The van der Waals surface area contributed by atoms with Crippen LogP contribution in [0.3, 0.4) is 0 Å². The van der Waals surface area contributed by atoms with Crippen molar-refractivity contribution in [3.8, 4) is 0 Å². The van der Waals surface area contributed by atoms with Crippen LogP contribution < -0.4 is 20.9 Å². The van der Waals surface area contributed by atoms with Crippen molar-refractivity contribution in [1.82, 2.24) is 20.2 Å². The number of rotatable bonds is 4. The zero-order valence-electron chi connectivity index (χ0n) is 13.5. The minimum atomic E-state index is 0.528. The number of amidine groups is 1. The van der Waals surface area contributed by atoms with E-state index in [-0.39, 0.29) is 0 Å². The molecular weight excluding hydrogens is 304 g/mol. The molecule has 0 unspecified atom stereocenters. The highest BCUT2D eigenvalue weighted by molar-refractivity contribution is 5.96. The summed E-state index contributed by atoms with van der Waals surface area (Å²) in [5, 5.41) is 15.6. The highest BCUT2D eigenvalue weighted by atomic mass is 15.4. The molecule has 0 aromatic carbocycles. The van der Waals surface area contributed by atoms with Crippen LogP contribution in [-0.2, 0) is 14.1 Å². The number of anilines is 1. The van der Waals surface area contributed by atoms with Gasteiger partial charge in [0.05, 0.1) is 13.2 Å². The van der Waals surface area contributed by atoms with E-state index in [4.69, 9.17) is 0 Å². The molecular formula is C16H19N8+. The summed E-state index contributed by atoms with van der Waals surface area (Å²) in [4.78, 5) is 0. The zero-order chi connectivity index (χ0) is 16.8. The average Bonchev–Trinajstić information content (AvgIpc) is 3.12. The Balaban J connectivity index is 1.88. The van der Waals surface area contributed by atoms with E-state index in [0.29, 0.717) is 5.84 Å². The van der Waals surface area contributed by atoms with Crippen LogP contribution in [0, 0.1) is 0 Å². The zero-order valence-corrected chi connectivity index (χ0v) is 13.5. The number of hydrazone groups is 1. The highest BCUT2D eigenvalue weighted by Gasteiger charge is 2.08. The lowest BCUT2D eigenvalue weighted by Gasteiger charge is -2.03. The van der Waals surface area contributed by atoms with Crippen LogP contribution in [0.1, 0.15) is 5.69 Å². The van der Waals surface area contributed by atoms with Crippen molar-refractivity contribution in [3.63, 3.8) is 0 Å². The van der Waals surface area contributed by atoms with Gasteiger partial charge in [-0.15, -0.1) is 5.43 Å². The topological polar surface area (TPSA) is 86.3 Å². The van der Waals surface area contributed by atoms with Gasteiger partial charge in [0.15, 0.2) is 5.49 Å². The van der Waals surface area contributed by atoms with E-state index >= 15 is 0 Å². The van der Waals surface area contributed by atoms with E-state index in [9.17, 15) is 0 Å². The maximum absolute atomic E-state index is 4.40. The van der Waals surface area contributed by atoms with E-state index in [2.05, 4.69) is 31.3 Å². The highest BCUT2D eigenvalue weighted by Crippen LogP contribution is 1.99. The van der Waals surface area contributed by atoms with E-state index in [1.165, 1.54) is 0 Å². The van der Waals surface area contributed by atoms with E-state index in [1.807, 2.05) is 78.1 Å². The quantitative estimate of drug-likeness (QED) is 0.282. The molecule has 0 amide bonds. The number of aromatic nitrogens is 4. The molecule has 0 atom stereocenters. The first kappa shape index (κ1) is 15.5. The first-order chi connectivity index (χ1) is 11.7. The summed E-state index contributed by atoms with van der Waals surface area (Å²) >= 11 is 0. The Hall–Kier alpha value is -3.42. The molecule has 0 saturated heterocycles. The van der Waals surface area contributed by atoms with Gasteiger partial charge in [0.25, 0.3) is 5.82 Å². The van der Waals surface area contributed by atoms with Crippen molar-refractivity contribution >= 4 is 11.7 Å². The Kier molecular flexibility index (Phi) is 4.66. The Morgan fingerprint density at radius 2 is 2.08 bits per heavy atom. The van der Waals surface area contributed by atoms with Gasteiger partial charge in [-0.05, 0) is 24.3 Å². The predicted molar refractivity (Wildman–Crippen MR) is 90.5 cm³/mol. The van der Waals surface area contributed by atoms with Gasteiger partial charge in [0.2, 0.25) is 5.84 Å². The first-order valence-corrected chi connectivity index (χ1v) is 7.43. The van der Waals surface area contributed by atoms with Gasteiger partial charge >= 0.3 is 0 Å². The standard InChI is InChI=1S/C16H18N8/c1-23-11-5-3-7-14(23)19-21-16(13-9-10-17-18-13)22-20-15-8-4-6-12-24(15)2/h3-12H,1-2H3,(H2,17,18,21,22)/p+1. The third-order valence-electron chi connectivity index (χ3n) is 3.40. The van der Waals surface area contributed by atoms with Gasteiger partial charge in [-0.1, -0.05) is 17.2 Å². The van der Waals surface area contributed by atoms with Gasteiger partial charge < -0.3 is 4.57 Å². The molecule has 8 nitrogen and oxygen atoms in total. The third kappa shape index (κ3) is 3.67. The average molecular weight is 323 g/mol. The number of aryl methyl sites for hydroxylation is 2. The summed E-state index contributed by atoms with van der Waals surface area (Å²) < 4.78 is 3.84. The number of aromatic amines is 1. The molecule has 0 aliphatic carbocycles. The normalized spacial score (nSPS) is 12.2. The number of pyridine rings is 2. The monoisotopic (exact) mass is 323 g/mol. The molecule has 0 fully saturated rings. The van der Waals surface area contributed by atoms with Crippen molar-refractivity contribution < 1.29 is 4.57 Å². The van der Waals surface area contributed by atoms with Gasteiger partial charge in [-0.2, -0.15) is 10.2 Å². The number of nitrogens with one attached hydrogen (secondary N) is 3. The SMILES string of the molecule is Cn1ccccc1=NNC(=NNc1cccc[n+]1C)c1ccn[nH]1. The van der Waals surface area contributed by atoms with Crippen molar-refractivity contribution in [2.75, 3.05) is 5.43 Å². The Morgan fingerprint density at radius 1 is 1.21 bits per heavy atom. The molecule has 3 heterocycles. The van der Waals surface area contributed by atoms with Crippen LogP contribution in [0.15, 0.2) is 71.3 Å². The largest absolute Gasteiger partial charge is 0.335 e. The summed E-state index contributed by atoms with van der Waals surface area (Å²) in [5.41, 5.74) is 7.50. The van der Waals surface area contributed by atoms with Crippen molar-refractivity contribution in [2.45, 2.75) is 0 Å². The molecule has 3 rings (SSSR count). The lowest BCUT2D eigenvalue weighted by molar-refractivity contribution is -0.657. The van der Waals surface area contributed by atoms with Crippen molar-refractivity contribution in [2.24, 2.45) is 24.3 Å². The molecule has 0 radical (unpaired) electrons. The summed E-state index contributed by atoms with van der Waals surface area (Å²) in [5.74, 6) is 1.38. The second-order valence-electron chi connectivity index (χ2n) is 5.13. The first-order valence-electron chi connectivity index (χ1n) is 7.43. The van der Waals surface area contributed by atoms with Gasteiger partial charge in [0.1, 0.15) is 5.69 Å². The fourth-order valence-corrected chi connectivity index (χ4v) is 2.03. The van der Waals surface area contributed by atoms with Crippen LogP contribution in [0.4, 0.5) is 5.82 Å². The molecule has 0 aliphatic heterocycles. The van der Waals surface area contributed by atoms with Gasteiger partial charge in [-0.25, -0.2) is 4.57 Å². The van der Waals surface area contributed by atoms with Crippen molar-refractivity contribution in [3.05, 3.63) is 72.2 Å². The van der Waals surface area contributed by atoms with Gasteiger partial charge in [0, 0.05) is 25.5 Å². The number of H-pyrrole nitrogens is 1. The molecule has 0 saturated carbocycles. The maximum atomic E-state index is 4.40. The molecule has 3 N–H and O–H groups in total. The van der Waals surface area contributed by atoms with Crippen LogP contribution in [0.2, 0.25) is 0 Å². The molecule has 3 aromatic rings. The molecule has 3 aromatic heterocycles. The predicted octanol–water partition coefficient (Wildman–Crippen LogP) is 0.452. The van der Waals surface area contributed by atoms with Crippen LogP contribution in [0.25, 0.3) is 0 Å². The Bertz CT molecular complexity index is 892. The van der Waals surface area contributed by atoms with E-state index < -0.39 is 0 Å². The Morgan fingerprint density at radius 3 is 2.83 bits per heavy atom. The van der Waals surface area contributed by atoms with Crippen LogP contribution >= 0.6 is 0 Å². The summed E-state index contributed by atoms with van der Waals surface area (Å²) in [6.45, 7) is 0. The fraction of sp³-hybridized carbons (Fsp3) is 0.125. The van der Waals surface area contributed by atoms with Crippen molar-refractivity contribution in [1.29, 1.82) is 0 Å². The molecule has 0 spiro atoms. The summed E-state index contributed by atoms with van der Waals surface area (Å²) in [6, 6.07) is 13.4. The second-order valence-corrected chi connectivity index (χ2v) is 5.13. The molecule has 0 bridgehead atoms. The van der Waals surface area contributed by atoms with E-state index in [0.717, 1.165) is 17.0 Å². The van der Waals surface area contributed by atoms with Crippen LogP contribution in [-0.4, -0.2) is 20.6 Å². The Labute approximate surface area is 139 Å². The number of hydrogen-bond acceptors (Lipinski definition) is 4. The molecule has 122 valence electrons. The number of hydrogen-bond donors (Lipinski definition) is 3. The minimum absolute atomic E-state index is 0.528. The number of nitrogens with zero attached hydrogens (tertiary/aromatic N) is 5. The summed E-state index contributed by atoms with van der Waals surface area (Å²) in [6.07, 6.45) is 5.53. The minimum Gasteiger partial charge on any atom is -0.335 e. The lowest BCUT2D eigenvalue weighted by Crippen LogP contribution is -2.32. The maximum Gasteiger partial charge on any atom is 0.299 e.